The van der Waals surface area contributed by atoms with Gasteiger partial charge in [-0.15, -0.1) is 0 Å². The summed E-state index contributed by atoms with van der Waals surface area (Å²) in [5, 5.41) is 0. The third-order valence-electron chi connectivity index (χ3n) is 2.83. The molecular formula is C13H22NY. The smallest absolute Gasteiger partial charge is 0.693 e. The molecule has 0 aliphatic rings. The van der Waals surface area contributed by atoms with Gasteiger partial charge in [0.2, 0.25) is 0 Å². The average molecular weight is 281 g/mol. The van der Waals surface area contributed by atoms with Gasteiger partial charge in [0, 0.05) is 0 Å². The van der Waals surface area contributed by atoms with Crippen LogP contribution in [-0.2, 0) is 39.1 Å². The molecule has 0 aromatic heterocycles. The molecule has 1 nitrogen and oxygen atoms in total. The van der Waals surface area contributed by atoms with Crippen molar-refractivity contribution in [3.05, 3.63) is 47.5 Å². The van der Waals surface area contributed by atoms with Crippen LogP contribution in [0.5, 0.6) is 0 Å². The topological polar surface area (TPSA) is 33.5 Å². The average Bonchev–Trinajstić information content (AvgIpc) is 2.08. The first-order valence-corrected chi connectivity index (χ1v) is 4.56. The predicted molar refractivity (Wildman–Crippen MR) is 65.3 cm³/mol. The summed E-state index contributed by atoms with van der Waals surface area (Å²) in [6.07, 6.45) is 1.09. The van der Waals surface area contributed by atoms with Gasteiger partial charge in [-0.25, -0.2) is 0 Å². The fourth-order valence-electron chi connectivity index (χ4n) is 1.56. The normalized spacial score (nSPS) is 8.33. The van der Waals surface area contributed by atoms with Gasteiger partial charge in [0.05, 0.1) is 0 Å². The Kier molecular flexibility index (Phi) is 11.6. The molecule has 0 unspecified atom stereocenters. The van der Waals surface area contributed by atoms with E-state index in [2.05, 4.69) is 40.7 Å². The van der Waals surface area contributed by atoms with E-state index in [0.29, 0.717) is 0 Å². The zero-order valence-corrected chi connectivity index (χ0v) is 13.7. The zero-order valence-electron chi connectivity index (χ0n) is 10.9. The van der Waals surface area contributed by atoms with Crippen molar-refractivity contribution < 1.29 is 32.7 Å². The third-order valence-corrected chi connectivity index (χ3v) is 2.83. The maximum absolute atomic E-state index is 3.43. The van der Waals surface area contributed by atoms with Gasteiger partial charge in [-0.2, -0.15) is 33.9 Å². The van der Waals surface area contributed by atoms with Crippen molar-refractivity contribution in [3.63, 3.8) is 0 Å². The molecule has 1 aromatic carbocycles. The number of nitrogens with two attached hydrogens (primary N) is 1. The maximum atomic E-state index is 3.43. The largest absolute Gasteiger partial charge is 3.00 e. The summed E-state index contributed by atoms with van der Waals surface area (Å²) in [4.78, 5) is 0. The van der Waals surface area contributed by atoms with Crippen LogP contribution in [0.25, 0.3) is 6.15 Å². The molecular weight excluding hydrogens is 259 g/mol. The third kappa shape index (κ3) is 4.34. The molecule has 15 heavy (non-hydrogen) atoms. The maximum Gasteiger partial charge on any atom is 3.00 e. The SMILES string of the molecule is CCc1[c-]c(C)c(C)c(C)c1C.[CH3-].[NH2-].[Y+3]. The van der Waals surface area contributed by atoms with E-state index in [1.54, 1.807) is 0 Å². The van der Waals surface area contributed by atoms with Gasteiger partial charge in [-0.1, -0.05) is 41.0 Å². The zero-order chi connectivity index (χ0) is 9.30. The van der Waals surface area contributed by atoms with Crippen LogP contribution >= 0.6 is 0 Å². The van der Waals surface area contributed by atoms with Gasteiger partial charge in [-0.05, 0) is 0 Å². The van der Waals surface area contributed by atoms with Crippen molar-refractivity contribution in [2.45, 2.75) is 41.0 Å². The summed E-state index contributed by atoms with van der Waals surface area (Å²) in [5.74, 6) is 0. The van der Waals surface area contributed by atoms with E-state index in [1.807, 2.05) is 0 Å². The van der Waals surface area contributed by atoms with Crippen molar-refractivity contribution in [2.75, 3.05) is 0 Å². The fourth-order valence-corrected chi connectivity index (χ4v) is 1.56. The second kappa shape index (κ2) is 8.44. The van der Waals surface area contributed by atoms with E-state index < -0.39 is 0 Å². The first kappa shape index (κ1) is 20.7. The van der Waals surface area contributed by atoms with E-state index in [1.165, 1.54) is 27.8 Å². The minimum Gasteiger partial charge on any atom is -0.693 e. The van der Waals surface area contributed by atoms with Gasteiger partial charge in [-0.3, -0.25) is 0 Å². The van der Waals surface area contributed by atoms with Crippen molar-refractivity contribution in [1.82, 2.24) is 0 Å². The second-order valence-corrected chi connectivity index (χ2v) is 3.46. The summed E-state index contributed by atoms with van der Waals surface area (Å²) in [5.41, 5.74) is 6.92. The first-order chi connectivity index (χ1) is 5.57. The van der Waals surface area contributed by atoms with Crippen molar-refractivity contribution in [2.24, 2.45) is 0 Å². The minimum atomic E-state index is 0. The Labute approximate surface area is 121 Å². The summed E-state index contributed by atoms with van der Waals surface area (Å²) in [7, 11) is 0. The van der Waals surface area contributed by atoms with Crippen LogP contribution in [0.2, 0.25) is 0 Å². The second-order valence-electron chi connectivity index (χ2n) is 3.46. The molecule has 0 amide bonds. The summed E-state index contributed by atoms with van der Waals surface area (Å²) in [6, 6.07) is 3.43. The number of aryl methyl sites for hydroxylation is 2. The van der Waals surface area contributed by atoms with Crippen LogP contribution in [0.15, 0.2) is 0 Å². The molecule has 0 aliphatic carbocycles. The molecule has 0 heterocycles. The molecule has 0 bridgehead atoms. The Balaban J connectivity index is -0.000000480. The number of benzene rings is 1. The Morgan fingerprint density at radius 1 is 0.933 bits per heavy atom. The Morgan fingerprint density at radius 2 is 1.40 bits per heavy atom. The molecule has 0 spiro atoms. The molecule has 1 aromatic rings. The molecule has 0 aliphatic heterocycles. The molecule has 1 rings (SSSR count). The van der Waals surface area contributed by atoms with E-state index >= 15 is 0 Å². The summed E-state index contributed by atoms with van der Waals surface area (Å²) in [6.45, 7) is 10.9. The Hall–Kier alpha value is 0.284. The van der Waals surface area contributed by atoms with E-state index in [0.717, 1.165) is 6.42 Å². The van der Waals surface area contributed by atoms with Crippen LogP contribution in [0, 0.1) is 41.2 Å². The first-order valence-electron chi connectivity index (χ1n) is 4.56. The van der Waals surface area contributed by atoms with Crippen LogP contribution in [0.1, 0.15) is 34.7 Å². The molecule has 0 saturated heterocycles. The summed E-state index contributed by atoms with van der Waals surface area (Å²) < 4.78 is 0. The van der Waals surface area contributed by atoms with Crippen LogP contribution in [0.3, 0.4) is 0 Å². The molecule has 0 radical (unpaired) electrons. The van der Waals surface area contributed by atoms with Crippen LogP contribution < -0.4 is 0 Å². The van der Waals surface area contributed by atoms with Gasteiger partial charge in [0.25, 0.3) is 0 Å². The summed E-state index contributed by atoms with van der Waals surface area (Å²) >= 11 is 0. The fraction of sp³-hybridized carbons (Fsp3) is 0.462. The molecule has 2 N–H and O–H groups in total. The molecule has 0 atom stereocenters. The Morgan fingerprint density at radius 3 is 1.80 bits per heavy atom. The molecule has 2 heteroatoms. The van der Waals surface area contributed by atoms with Crippen molar-refractivity contribution in [3.8, 4) is 0 Å². The number of hydrogen-bond donors (Lipinski definition) is 0. The van der Waals surface area contributed by atoms with E-state index in [-0.39, 0.29) is 46.3 Å². The van der Waals surface area contributed by atoms with Crippen LogP contribution in [-0.4, -0.2) is 0 Å². The van der Waals surface area contributed by atoms with Crippen molar-refractivity contribution >= 4 is 0 Å². The van der Waals surface area contributed by atoms with Gasteiger partial charge >= 0.3 is 32.7 Å². The molecule has 0 saturated carbocycles. The van der Waals surface area contributed by atoms with Gasteiger partial charge < -0.3 is 13.6 Å². The molecule has 0 fully saturated rings. The van der Waals surface area contributed by atoms with Crippen LogP contribution in [0.4, 0.5) is 0 Å². The standard InChI is InChI=1S/C12H17.CH3.H2N.Y/c1-6-12-7-8(2)9(3)10(4)11(12)5;;;/h6H2,1-5H3;1H3;1H2;/q3*-1;+3. The minimum absolute atomic E-state index is 0. The van der Waals surface area contributed by atoms with E-state index in [9.17, 15) is 0 Å². The van der Waals surface area contributed by atoms with Gasteiger partial charge in [0.15, 0.2) is 0 Å². The monoisotopic (exact) mass is 281 g/mol. The van der Waals surface area contributed by atoms with Crippen molar-refractivity contribution in [1.29, 1.82) is 0 Å². The Bertz CT molecular complexity index is 306. The quantitative estimate of drug-likeness (QED) is 0.682. The molecule has 82 valence electrons. The van der Waals surface area contributed by atoms with E-state index in [4.69, 9.17) is 0 Å². The predicted octanol–water partition coefficient (Wildman–Crippen LogP) is 4.45. The number of rotatable bonds is 1. The van der Waals surface area contributed by atoms with Gasteiger partial charge in [0.1, 0.15) is 0 Å². The number of hydrogen-bond acceptors (Lipinski definition) is 0.